The molecule has 0 bridgehead atoms. The number of carbonyl (C=O) groups excluding carboxylic acids is 2. The number of carbonyl (C=O) groups is 2. The van der Waals surface area contributed by atoms with Crippen LogP contribution in [0.5, 0.6) is 5.75 Å². The lowest BCUT2D eigenvalue weighted by Gasteiger charge is -2.25. The van der Waals surface area contributed by atoms with Gasteiger partial charge in [-0.2, -0.15) is 0 Å². The molecule has 1 heterocycles. The first-order valence-electron chi connectivity index (χ1n) is 10.8. The molecule has 0 aromatic heterocycles. The molecule has 2 amide bonds. The Labute approximate surface area is 184 Å². The van der Waals surface area contributed by atoms with Crippen LogP contribution >= 0.6 is 0 Å². The van der Waals surface area contributed by atoms with Crippen molar-refractivity contribution in [3.8, 4) is 5.75 Å². The minimum absolute atomic E-state index is 0.129. The highest BCUT2D eigenvalue weighted by molar-refractivity contribution is 6.35. The predicted octanol–water partition coefficient (Wildman–Crippen LogP) is 0.914. The molecule has 166 valence electrons. The van der Waals surface area contributed by atoms with Crippen LogP contribution < -0.4 is 25.2 Å². The maximum Gasteiger partial charge on any atom is 0.309 e. The first-order chi connectivity index (χ1) is 15.0. The summed E-state index contributed by atoms with van der Waals surface area (Å²) in [6.07, 6.45) is 2.38. The number of methoxy groups -OCH3 is 1. The minimum atomic E-state index is -0.635. The van der Waals surface area contributed by atoms with E-state index in [1.54, 1.807) is 7.11 Å². The van der Waals surface area contributed by atoms with Gasteiger partial charge in [-0.25, -0.2) is 0 Å². The molecule has 1 atom stereocenters. The van der Waals surface area contributed by atoms with Gasteiger partial charge < -0.3 is 25.2 Å². The first kappa shape index (κ1) is 22.6. The van der Waals surface area contributed by atoms with Crippen LogP contribution in [0.15, 0.2) is 48.5 Å². The van der Waals surface area contributed by atoms with E-state index in [4.69, 9.17) is 4.74 Å². The zero-order valence-electron chi connectivity index (χ0n) is 18.6. The number of hydrogen-bond donors (Lipinski definition) is 3. The molecule has 31 heavy (non-hydrogen) atoms. The van der Waals surface area contributed by atoms with Crippen LogP contribution in [-0.4, -0.2) is 52.7 Å². The van der Waals surface area contributed by atoms with Crippen molar-refractivity contribution in [1.82, 2.24) is 10.6 Å². The van der Waals surface area contributed by atoms with Gasteiger partial charge in [0, 0.05) is 50.3 Å². The Bertz CT molecular complexity index is 877. The van der Waals surface area contributed by atoms with E-state index in [1.165, 1.54) is 23.3 Å². The van der Waals surface area contributed by atoms with Gasteiger partial charge in [-0.1, -0.05) is 30.3 Å². The molecule has 7 nitrogen and oxygen atoms in total. The van der Waals surface area contributed by atoms with Crippen molar-refractivity contribution in [1.29, 1.82) is 0 Å². The molecule has 0 saturated carbocycles. The van der Waals surface area contributed by atoms with Gasteiger partial charge in [0.05, 0.1) is 26.7 Å². The summed E-state index contributed by atoms with van der Waals surface area (Å²) in [5, 5.41) is 5.53. The molecule has 1 aliphatic rings. The highest BCUT2D eigenvalue weighted by Crippen LogP contribution is 2.18. The third-order valence-electron chi connectivity index (χ3n) is 5.86. The number of anilines is 1. The number of likely N-dealkylation sites (tertiary alicyclic amines) is 1. The quantitative estimate of drug-likeness (QED) is 0.550. The number of amides is 2. The SMILES string of the molecule is COc1ccccc1CNC(=O)C(=O)NC[C@H](c1ccc(N(C)C)cc1)[NH+]1CCCC1. The van der Waals surface area contributed by atoms with Crippen LogP contribution in [0, 0.1) is 0 Å². The molecule has 0 unspecified atom stereocenters. The van der Waals surface area contributed by atoms with Crippen LogP contribution in [0.2, 0.25) is 0 Å². The first-order valence-corrected chi connectivity index (χ1v) is 10.8. The van der Waals surface area contributed by atoms with Gasteiger partial charge in [-0.15, -0.1) is 0 Å². The van der Waals surface area contributed by atoms with Gasteiger partial charge >= 0.3 is 11.8 Å². The van der Waals surface area contributed by atoms with Crippen molar-refractivity contribution in [3.05, 3.63) is 59.7 Å². The summed E-state index contributed by atoms with van der Waals surface area (Å²) in [6.45, 7) is 2.83. The van der Waals surface area contributed by atoms with Crippen molar-refractivity contribution in [3.63, 3.8) is 0 Å². The molecule has 0 spiro atoms. The Hall–Kier alpha value is -3.06. The summed E-state index contributed by atoms with van der Waals surface area (Å²) < 4.78 is 5.29. The van der Waals surface area contributed by atoms with E-state index < -0.39 is 11.8 Å². The van der Waals surface area contributed by atoms with E-state index in [9.17, 15) is 9.59 Å². The Morgan fingerprint density at radius 2 is 1.65 bits per heavy atom. The van der Waals surface area contributed by atoms with Crippen LogP contribution in [-0.2, 0) is 16.1 Å². The summed E-state index contributed by atoms with van der Waals surface area (Å²) in [7, 11) is 5.61. The zero-order chi connectivity index (χ0) is 22.2. The van der Waals surface area contributed by atoms with Gasteiger partial charge in [0.25, 0.3) is 0 Å². The largest absolute Gasteiger partial charge is 0.496 e. The molecule has 0 aliphatic carbocycles. The fourth-order valence-corrected chi connectivity index (χ4v) is 4.06. The fourth-order valence-electron chi connectivity index (χ4n) is 4.06. The molecule has 0 radical (unpaired) electrons. The van der Waals surface area contributed by atoms with Gasteiger partial charge in [-0.05, 0) is 18.2 Å². The molecule has 2 aromatic carbocycles. The molecule has 7 heteroatoms. The van der Waals surface area contributed by atoms with E-state index in [-0.39, 0.29) is 12.6 Å². The molecular weight excluding hydrogens is 392 g/mol. The number of nitrogens with one attached hydrogen (secondary N) is 3. The second-order valence-electron chi connectivity index (χ2n) is 8.11. The Morgan fingerprint density at radius 3 is 2.29 bits per heavy atom. The van der Waals surface area contributed by atoms with Crippen LogP contribution in [0.25, 0.3) is 0 Å². The number of ether oxygens (including phenoxy) is 1. The molecular formula is C24H33N4O3+. The fraction of sp³-hybridized carbons (Fsp3) is 0.417. The van der Waals surface area contributed by atoms with Gasteiger partial charge in [0.15, 0.2) is 0 Å². The average Bonchev–Trinajstić information content (AvgIpc) is 3.32. The van der Waals surface area contributed by atoms with E-state index in [2.05, 4.69) is 39.8 Å². The number of para-hydroxylation sites is 1. The van der Waals surface area contributed by atoms with Crippen molar-refractivity contribution >= 4 is 17.5 Å². The smallest absolute Gasteiger partial charge is 0.309 e. The summed E-state index contributed by atoms with van der Waals surface area (Å²) in [5.41, 5.74) is 3.14. The topological polar surface area (TPSA) is 75.1 Å². The van der Waals surface area contributed by atoms with Crippen molar-refractivity contribution in [2.45, 2.75) is 25.4 Å². The van der Waals surface area contributed by atoms with E-state index >= 15 is 0 Å². The third kappa shape index (κ3) is 5.98. The summed E-state index contributed by atoms with van der Waals surface area (Å²) >= 11 is 0. The highest BCUT2D eigenvalue weighted by atomic mass is 16.5. The Balaban J connectivity index is 1.59. The number of hydrogen-bond acceptors (Lipinski definition) is 4. The molecule has 3 N–H and O–H groups in total. The predicted molar refractivity (Wildman–Crippen MR) is 121 cm³/mol. The third-order valence-corrected chi connectivity index (χ3v) is 5.86. The standard InChI is InChI=1S/C24H32N4O3/c1-27(2)20-12-10-18(11-13-20)21(28-14-6-7-15-28)17-26-24(30)23(29)25-16-19-8-4-5-9-22(19)31-3/h4-5,8-13,21H,6-7,14-17H2,1-3H3,(H,25,29)(H,26,30)/p+1/t21-/m1/s1. The molecule has 1 saturated heterocycles. The number of quaternary nitrogens is 1. The molecule has 1 aliphatic heterocycles. The number of rotatable bonds is 8. The van der Waals surface area contributed by atoms with E-state index in [0.717, 1.165) is 24.3 Å². The van der Waals surface area contributed by atoms with Crippen LogP contribution in [0.3, 0.4) is 0 Å². The number of nitrogens with zero attached hydrogens (tertiary/aromatic N) is 1. The number of benzene rings is 2. The Kier molecular flexibility index (Phi) is 7.89. The van der Waals surface area contributed by atoms with Gasteiger partial charge in [0.2, 0.25) is 0 Å². The second-order valence-corrected chi connectivity index (χ2v) is 8.11. The van der Waals surface area contributed by atoms with Crippen molar-refractivity contribution in [2.75, 3.05) is 45.7 Å². The van der Waals surface area contributed by atoms with Gasteiger partial charge in [0.1, 0.15) is 11.8 Å². The molecule has 2 aromatic rings. The maximum absolute atomic E-state index is 12.4. The summed E-state index contributed by atoms with van der Waals surface area (Å²) in [6, 6.07) is 16.0. The molecule has 3 rings (SSSR count). The lowest BCUT2D eigenvalue weighted by Crippen LogP contribution is -3.11. The molecule has 1 fully saturated rings. The van der Waals surface area contributed by atoms with Crippen molar-refractivity contribution < 1.29 is 19.2 Å². The van der Waals surface area contributed by atoms with E-state index in [1.807, 2.05) is 38.4 Å². The summed E-state index contributed by atoms with van der Waals surface area (Å²) in [4.78, 5) is 28.3. The van der Waals surface area contributed by atoms with Gasteiger partial charge in [-0.3, -0.25) is 9.59 Å². The summed E-state index contributed by atoms with van der Waals surface area (Å²) in [5.74, 6) is -0.561. The highest BCUT2D eigenvalue weighted by Gasteiger charge is 2.28. The van der Waals surface area contributed by atoms with Crippen LogP contribution in [0.1, 0.15) is 30.0 Å². The lowest BCUT2D eigenvalue weighted by molar-refractivity contribution is -0.918. The Morgan fingerprint density at radius 1 is 1.00 bits per heavy atom. The van der Waals surface area contributed by atoms with E-state index in [0.29, 0.717) is 12.3 Å². The average molecular weight is 426 g/mol. The maximum atomic E-state index is 12.4. The monoisotopic (exact) mass is 425 g/mol. The second kappa shape index (κ2) is 10.8. The minimum Gasteiger partial charge on any atom is -0.496 e. The lowest BCUT2D eigenvalue weighted by atomic mass is 10.0. The normalized spacial score (nSPS) is 14.7. The zero-order valence-corrected chi connectivity index (χ0v) is 18.6. The van der Waals surface area contributed by atoms with Crippen LogP contribution in [0.4, 0.5) is 5.69 Å². The van der Waals surface area contributed by atoms with Crippen molar-refractivity contribution in [2.24, 2.45) is 0 Å².